The second-order valence-corrected chi connectivity index (χ2v) is 16.9. The van der Waals surface area contributed by atoms with Crippen molar-refractivity contribution in [1.82, 2.24) is 42.5 Å². The van der Waals surface area contributed by atoms with Crippen molar-refractivity contribution in [2.45, 2.75) is 113 Å². The number of carbonyl (C=O) groups excluding carboxylic acids is 9. The van der Waals surface area contributed by atoms with E-state index >= 15 is 0 Å². The van der Waals surface area contributed by atoms with Gasteiger partial charge in [0.25, 0.3) is 0 Å². The highest BCUT2D eigenvalue weighted by molar-refractivity contribution is 5.98. The third kappa shape index (κ3) is 16.9. The van der Waals surface area contributed by atoms with Gasteiger partial charge in [0.15, 0.2) is 0 Å². The predicted octanol–water partition coefficient (Wildman–Crippen LogP) is -0.0939. The zero-order valence-corrected chi connectivity index (χ0v) is 39.3. The van der Waals surface area contributed by atoms with Crippen LogP contribution in [-0.4, -0.2) is 133 Å². The summed E-state index contributed by atoms with van der Waals surface area (Å²) in [5.74, 6) is -9.07. The number of carbonyl (C=O) groups is 10. The van der Waals surface area contributed by atoms with Gasteiger partial charge in [-0.05, 0) is 74.1 Å². The summed E-state index contributed by atoms with van der Waals surface area (Å²) >= 11 is 0. The molecule has 390 valence electrons. The molecule has 0 unspecified atom stereocenters. The number of hydrogen-bond acceptors (Lipinski definition) is 12. The second-order valence-electron chi connectivity index (χ2n) is 16.9. The van der Waals surface area contributed by atoms with Crippen LogP contribution in [0, 0.1) is 0 Å². The van der Waals surface area contributed by atoms with Crippen LogP contribution in [0.15, 0.2) is 72.8 Å². The number of carboxylic acid groups (broad SMARTS) is 1. The first-order valence-corrected chi connectivity index (χ1v) is 22.9. The van der Waals surface area contributed by atoms with Crippen molar-refractivity contribution in [3.05, 3.63) is 84.0 Å². The zero-order valence-electron chi connectivity index (χ0n) is 39.3. The van der Waals surface area contributed by atoms with E-state index in [0.29, 0.717) is 12.8 Å². The minimum Gasteiger partial charge on any atom is -0.475 e. The first-order chi connectivity index (χ1) is 34.1. The molecule has 5 rings (SSSR count). The van der Waals surface area contributed by atoms with Crippen molar-refractivity contribution in [3.63, 3.8) is 0 Å². The van der Waals surface area contributed by atoms with Crippen LogP contribution in [0.25, 0.3) is 11.1 Å². The molecule has 7 atom stereocenters. The zero-order chi connectivity index (χ0) is 53.1. The average Bonchev–Trinajstić information content (AvgIpc) is 3.65. The van der Waals surface area contributed by atoms with Gasteiger partial charge in [-0.1, -0.05) is 72.8 Å². The average molecular weight is 1010 g/mol. The van der Waals surface area contributed by atoms with Crippen LogP contribution in [0.3, 0.4) is 0 Å². The largest absolute Gasteiger partial charge is 0.490 e. The Kier molecular flexibility index (Phi) is 21.2. The van der Waals surface area contributed by atoms with Gasteiger partial charge in [-0.15, -0.1) is 0 Å². The van der Waals surface area contributed by atoms with Crippen molar-refractivity contribution in [2.24, 2.45) is 11.5 Å². The second kappa shape index (κ2) is 27.0. The number of benzene rings is 2. The van der Waals surface area contributed by atoms with Crippen molar-refractivity contribution in [2.75, 3.05) is 20.2 Å². The van der Waals surface area contributed by atoms with Gasteiger partial charge < -0.3 is 63.8 Å². The first kappa shape index (κ1) is 56.8. The van der Waals surface area contributed by atoms with Gasteiger partial charge in [0.1, 0.15) is 42.9 Å². The van der Waals surface area contributed by atoms with Crippen LogP contribution in [0.1, 0.15) is 75.3 Å². The van der Waals surface area contributed by atoms with E-state index in [4.69, 9.17) is 26.1 Å². The summed E-state index contributed by atoms with van der Waals surface area (Å²) in [5.41, 5.74) is 15.8. The SMILES string of the molecule is CNC(=O)[C@H](CCCCNC(=O)OCC1c2ccccc2-c2ccccc21)NC(=O)[C@@H]1C/C=C/C[C@H]2NC(=O)[C@H](C)NC(=O)[C@H](N)C/C=C/C[C@H](NC2=O)C(=O)N[C@@H](CC(N)=O)C(=O)N1.O=C(O)C(F)(F)F. The number of rotatable bonds is 12. The Morgan fingerprint density at radius 2 is 1.29 bits per heavy atom. The number of halogens is 3. The van der Waals surface area contributed by atoms with E-state index in [1.54, 1.807) is 0 Å². The molecule has 0 saturated carbocycles. The molecule has 2 aliphatic heterocycles. The summed E-state index contributed by atoms with van der Waals surface area (Å²) in [6, 6.07) is 7.25. The predicted molar refractivity (Wildman–Crippen MR) is 250 cm³/mol. The van der Waals surface area contributed by atoms with E-state index in [2.05, 4.69) is 42.5 Å². The third-order valence-electron chi connectivity index (χ3n) is 11.5. The number of carboxylic acids is 1. The number of nitrogens with one attached hydrogen (secondary N) is 8. The Bertz CT molecular complexity index is 2350. The number of amides is 9. The van der Waals surface area contributed by atoms with Crippen molar-refractivity contribution >= 4 is 59.3 Å². The molecular formula is C47H59F3N10O12. The fourth-order valence-corrected chi connectivity index (χ4v) is 7.68. The van der Waals surface area contributed by atoms with E-state index in [9.17, 15) is 56.3 Å². The van der Waals surface area contributed by atoms with Crippen LogP contribution in [0.5, 0.6) is 0 Å². The monoisotopic (exact) mass is 1010 g/mol. The normalized spacial score (nSPS) is 23.1. The van der Waals surface area contributed by atoms with Gasteiger partial charge in [0.2, 0.25) is 47.3 Å². The molecule has 9 amide bonds. The lowest BCUT2D eigenvalue weighted by molar-refractivity contribution is -0.192. The van der Waals surface area contributed by atoms with Gasteiger partial charge in [0, 0.05) is 19.5 Å². The molecule has 0 spiro atoms. The number of alkyl carbamates (subject to hydrolysis) is 1. The number of nitrogens with two attached hydrogens (primary N) is 2. The highest BCUT2D eigenvalue weighted by Gasteiger charge is 2.38. The van der Waals surface area contributed by atoms with E-state index in [1.165, 1.54) is 38.3 Å². The van der Waals surface area contributed by atoms with E-state index in [0.717, 1.165) is 22.3 Å². The lowest BCUT2D eigenvalue weighted by Crippen LogP contribution is -2.60. The molecule has 2 aromatic carbocycles. The van der Waals surface area contributed by atoms with Gasteiger partial charge in [-0.3, -0.25) is 38.4 Å². The molecule has 13 N–H and O–H groups in total. The highest BCUT2D eigenvalue weighted by Crippen LogP contribution is 2.44. The molecule has 0 radical (unpaired) electrons. The highest BCUT2D eigenvalue weighted by atomic mass is 19.4. The van der Waals surface area contributed by atoms with Crippen molar-refractivity contribution < 1.29 is 71.0 Å². The van der Waals surface area contributed by atoms with Crippen LogP contribution in [0.2, 0.25) is 0 Å². The minimum absolute atomic E-state index is 0.0354. The van der Waals surface area contributed by atoms with Crippen LogP contribution in [-0.2, 0) is 47.9 Å². The third-order valence-corrected chi connectivity index (χ3v) is 11.5. The van der Waals surface area contributed by atoms with Gasteiger partial charge >= 0.3 is 18.2 Å². The number of fused-ring (bicyclic) bond motifs is 6. The lowest BCUT2D eigenvalue weighted by atomic mass is 9.98. The molecule has 72 heavy (non-hydrogen) atoms. The fraction of sp³-hybridized carbons (Fsp3) is 0.447. The smallest absolute Gasteiger partial charge is 0.475 e. The minimum atomic E-state index is -5.08. The standard InChI is InChI=1S/C45H58N10O10.C2HF3O2/c1-25-38(57)51-33-19-9-10-20-34(54-44(63)36(23-37(47)56)55-43(62)35(53-41(33)60)18-8-7-17-31(46)39(58)50-25)42(61)52-32(40(59)48-2)21-11-12-22-49-45(64)65-24-30-28-15-5-3-13-26(28)27-14-4-6-16-29(27)30;3-2(4,5)1(6)7/h3-10,13-16,25,30-36H,11-12,17-24,46H2,1-2H3,(H2,47,56)(H,48,59)(H,49,64)(H,50,58)(H,51,57)(H,52,61)(H,53,60)(H,54,63)(H,55,62);(H,6,7)/b8-7+,10-9+;/t25-,31+,32-,33+,34-,35-,36-;/m0./s1. The van der Waals surface area contributed by atoms with E-state index < -0.39 is 114 Å². The Balaban J connectivity index is 0.00000149. The number of alkyl halides is 3. The summed E-state index contributed by atoms with van der Waals surface area (Å²) in [4.78, 5) is 127. The molecule has 3 aliphatic rings. The maximum atomic E-state index is 13.9. The number of hydrogen-bond donors (Lipinski definition) is 11. The van der Waals surface area contributed by atoms with E-state index in [1.807, 2.05) is 48.5 Å². The molecule has 1 aliphatic carbocycles. The summed E-state index contributed by atoms with van der Waals surface area (Å²) in [6.45, 7) is 1.78. The molecule has 2 aromatic rings. The molecule has 2 heterocycles. The van der Waals surface area contributed by atoms with Gasteiger partial charge in [-0.2, -0.15) is 13.2 Å². The Morgan fingerprint density at radius 1 is 0.750 bits per heavy atom. The number of likely N-dealkylation sites (N-methyl/N-ethyl adjacent to an activating group) is 1. The quantitative estimate of drug-likeness (QED) is 0.0980. The summed E-state index contributed by atoms with van der Waals surface area (Å²) < 4.78 is 37.3. The maximum absolute atomic E-state index is 13.9. The van der Waals surface area contributed by atoms with Crippen LogP contribution < -0.4 is 54.0 Å². The Labute approximate surface area is 411 Å². The number of unbranched alkanes of at least 4 members (excludes halogenated alkanes) is 1. The number of primary amides is 1. The van der Waals surface area contributed by atoms with Crippen molar-refractivity contribution in [1.29, 1.82) is 0 Å². The maximum Gasteiger partial charge on any atom is 0.490 e. The summed E-state index contributed by atoms with van der Waals surface area (Å²) in [6.07, 6.45) is 0.163. The molecule has 25 heteroatoms. The molecule has 22 nitrogen and oxygen atoms in total. The Hall–Kier alpha value is -7.83. The molecule has 0 saturated heterocycles. The fourth-order valence-electron chi connectivity index (χ4n) is 7.68. The number of ether oxygens (including phenoxy) is 1. The first-order valence-electron chi connectivity index (χ1n) is 22.9. The lowest BCUT2D eigenvalue weighted by Gasteiger charge is -2.27. The van der Waals surface area contributed by atoms with E-state index in [-0.39, 0.29) is 51.2 Å². The molecule has 0 fully saturated rings. The van der Waals surface area contributed by atoms with Crippen LogP contribution >= 0.6 is 0 Å². The van der Waals surface area contributed by atoms with Crippen molar-refractivity contribution in [3.8, 4) is 11.1 Å². The topological polar surface area (TPSA) is 348 Å². The summed E-state index contributed by atoms with van der Waals surface area (Å²) in [7, 11) is 1.40. The molecule has 0 aromatic heterocycles. The molecular weight excluding hydrogens is 954 g/mol. The van der Waals surface area contributed by atoms with Gasteiger partial charge in [-0.25, -0.2) is 9.59 Å². The Morgan fingerprint density at radius 3 is 1.86 bits per heavy atom. The van der Waals surface area contributed by atoms with Gasteiger partial charge in [0.05, 0.1) is 12.5 Å². The summed E-state index contributed by atoms with van der Waals surface area (Å²) in [5, 5.41) is 27.7. The number of aliphatic carboxylic acids is 1. The molecule has 2 bridgehead atoms. The van der Waals surface area contributed by atoms with Crippen LogP contribution in [0.4, 0.5) is 18.0 Å².